The van der Waals surface area contributed by atoms with Crippen molar-refractivity contribution in [3.8, 4) is 0 Å². The van der Waals surface area contributed by atoms with Crippen LogP contribution in [0.3, 0.4) is 0 Å². The van der Waals surface area contributed by atoms with Gasteiger partial charge < -0.3 is 10.6 Å². The van der Waals surface area contributed by atoms with Crippen LogP contribution in [0.1, 0.15) is 18.5 Å². The molecule has 1 aliphatic rings. The first-order valence-corrected chi connectivity index (χ1v) is 5.74. The third-order valence-corrected chi connectivity index (χ3v) is 3.30. The highest BCUT2D eigenvalue weighted by molar-refractivity contribution is 5.81. The van der Waals surface area contributed by atoms with Crippen LogP contribution in [0.5, 0.6) is 0 Å². The van der Waals surface area contributed by atoms with E-state index in [4.69, 9.17) is 5.73 Å². The summed E-state index contributed by atoms with van der Waals surface area (Å²) in [5, 5.41) is 7.98. The Morgan fingerprint density at radius 2 is 2.00 bits per heavy atom. The number of nitrogens with zero attached hydrogens (tertiary/aromatic N) is 4. The standard InChI is InChI=1S/C10H14F3N5O/c1-17-15-6-7(16-17)9(14)2-4-18(5-3-9)8(19)10(11,12)13/h6H,2-5,14H2,1H3. The Kier molecular flexibility index (Phi) is 3.25. The number of hydrogen-bond donors (Lipinski definition) is 1. The van der Waals surface area contributed by atoms with Crippen molar-refractivity contribution in [2.24, 2.45) is 12.8 Å². The molecular formula is C10H14F3N5O. The normalized spacial score (nSPS) is 19.5. The molecule has 1 aromatic heterocycles. The maximum Gasteiger partial charge on any atom is 0.471 e. The van der Waals surface area contributed by atoms with Crippen molar-refractivity contribution in [1.82, 2.24) is 19.9 Å². The summed E-state index contributed by atoms with van der Waals surface area (Å²) in [5.74, 6) is -1.81. The average molecular weight is 277 g/mol. The van der Waals surface area contributed by atoms with Crippen molar-refractivity contribution in [3.63, 3.8) is 0 Å². The van der Waals surface area contributed by atoms with Crippen molar-refractivity contribution in [3.05, 3.63) is 11.9 Å². The topological polar surface area (TPSA) is 77.0 Å². The number of hydrogen-bond acceptors (Lipinski definition) is 4. The Hall–Kier alpha value is -1.64. The molecule has 106 valence electrons. The van der Waals surface area contributed by atoms with E-state index >= 15 is 0 Å². The second-order valence-electron chi connectivity index (χ2n) is 4.67. The lowest BCUT2D eigenvalue weighted by Crippen LogP contribution is -2.52. The molecule has 0 unspecified atom stereocenters. The van der Waals surface area contributed by atoms with Crippen LogP contribution in [-0.4, -0.2) is 45.1 Å². The fourth-order valence-electron chi connectivity index (χ4n) is 2.12. The van der Waals surface area contributed by atoms with E-state index in [1.807, 2.05) is 0 Å². The van der Waals surface area contributed by atoms with E-state index in [1.54, 1.807) is 7.05 Å². The maximum absolute atomic E-state index is 12.3. The van der Waals surface area contributed by atoms with E-state index in [-0.39, 0.29) is 25.9 Å². The highest BCUT2D eigenvalue weighted by Crippen LogP contribution is 2.30. The van der Waals surface area contributed by atoms with E-state index < -0.39 is 17.6 Å². The molecule has 0 radical (unpaired) electrons. The molecule has 1 fully saturated rings. The minimum Gasteiger partial charge on any atom is -0.335 e. The first-order chi connectivity index (χ1) is 8.72. The molecule has 0 atom stereocenters. The molecule has 1 aliphatic heterocycles. The van der Waals surface area contributed by atoms with Gasteiger partial charge in [-0.2, -0.15) is 28.2 Å². The van der Waals surface area contributed by atoms with Gasteiger partial charge >= 0.3 is 12.1 Å². The summed E-state index contributed by atoms with van der Waals surface area (Å²) in [5.41, 5.74) is 5.84. The molecule has 0 aromatic carbocycles. The lowest BCUT2D eigenvalue weighted by atomic mass is 9.86. The Labute approximate surface area is 107 Å². The van der Waals surface area contributed by atoms with Gasteiger partial charge in [-0.3, -0.25) is 4.79 Å². The number of carbonyl (C=O) groups is 1. The lowest BCUT2D eigenvalue weighted by Gasteiger charge is -2.38. The summed E-state index contributed by atoms with van der Waals surface area (Å²) in [4.78, 5) is 13.2. The summed E-state index contributed by atoms with van der Waals surface area (Å²) in [6.07, 6.45) is -2.87. The van der Waals surface area contributed by atoms with Crippen molar-refractivity contribution in [2.45, 2.75) is 24.6 Å². The minimum absolute atomic E-state index is 0.0363. The third kappa shape index (κ3) is 2.70. The van der Waals surface area contributed by atoms with Crippen LogP contribution in [0.4, 0.5) is 13.2 Å². The summed E-state index contributed by atoms with van der Waals surface area (Å²) in [6.45, 7) is -0.0726. The molecule has 6 nitrogen and oxygen atoms in total. The number of amides is 1. The molecule has 0 saturated carbocycles. The molecule has 19 heavy (non-hydrogen) atoms. The maximum atomic E-state index is 12.3. The van der Waals surface area contributed by atoms with Gasteiger partial charge in [0.05, 0.1) is 11.7 Å². The Bertz CT molecular complexity index is 476. The van der Waals surface area contributed by atoms with Gasteiger partial charge in [0.2, 0.25) is 0 Å². The molecule has 1 saturated heterocycles. The van der Waals surface area contributed by atoms with Gasteiger partial charge in [-0.25, -0.2) is 0 Å². The number of halogens is 3. The second kappa shape index (κ2) is 4.48. The number of likely N-dealkylation sites (tertiary alicyclic amines) is 1. The predicted molar refractivity (Wildman–Crippen MR) is 58.7 cm³/mol. The van der Waals surface area contributed by atoms with Crippen LogP contribution >= 0.6 is 0 Å². The van der Waals surface area contributed by atoms with E-state index in [0.717, 1.165) is 4.90 Å². The summed E-state index contributed by atoms with van der Waals surface area (Å²) >= 11 is 0. The molecule has 9 heteroatoms. The van der Waals surface area contributed by atoms with E-state index in [2.05, 4.69) is 10.2 Å². The van der Waals surface area contributed by atoms with Crippen LogP contribution in [-0.2, 0) is 17.4 Å². The summed E-state index contributed by atoms with van der Waals surface area (Å²) in [6, 6.07) is 0. The van der Waals surface area contributed by atoms with Crippen molar-refractivity contribution >= 4 is 5.91 Å². The monoisotopic (exact) mass is 277 g/mol. The molecule has 2 rings (SSSR count). The Morgan fingerprint density at radius 3 is 2.42 bits per heavy atom. The van der Waals surface area contributed by atoms with Gasteiger partial charge in [0.1, 0.15) is 5.69 Å². The number of aromatic nitrogens is 3. The zero-order valence-corrected chi connectivity index (χ0v) is 10.3. The highest BCUT2D eigenvalue weighted by Gasteiger charge is 2.45. The number of rotatable bonds is 1. The molecule has 0 aliphatic carbocycles. The van der Waals surface area contributed by atoms with Crippen molar-refractivity contribution in [1.29, 1.82) is 0 Å². The van der Waals surface area contributed by atoms with Gasteiger partial charge in [-0.15, -0.1) is 0 Å². The average Bonchev–Trinajstić information content (AvgIpc) is 2.76. The zero-order valence-electron chi connectivity index (χ0n) is 10.3. The number of alkyl halides is 3. The second-order valence-corrected chi connectivity index (χ2v) is 4.67. The fourth-order valence-corrected chi connectivity index (χ4v) is 2.12. The molecule has 0 spiro atoms. The van der Waals surface area contributed by atoms with Crippen LogP contribution in [0.2, 0.25) is 0 Å². The fraction of sp³-hybridized carbons (Fsp3) is 0.700. The number of nitrogens with two attached hydrogens (primary N) is 1. The van der Waals surface area contributed by atoms with Gasteiger partial charge in [0.25, 0.3) is 0 Å². The van der Waals surface area contributed by atoms with Gasteiger partial charge in [0.15, 0.2) is 0 Å². The molecule has 2 N–H and O–H groups in total. The summed E-state index contributed by atoms with van der Waals surface area (Å²) in [7, 11) is 1.63. The molecule has 1 aromatic rings. The first-order valence-electron chi connectivity index (χ1n) is 5.74. The van der Waals surface area contributed by atoms with E-state index in [0.29, 0.717) is 5.69 Å². The van der Waals surface area contributed by atoms with E-state index in [9.17, 15) is 18.0 Å². The highest BCUT2D eigenvalue weighted by atomic mass is 19.4. The van der Waals surface area contributed by atoms with Crippen molar-refractivity contribution in [2.75, 3.05) is 13.1 Å². The van der Waals surface area contributed by atoms with Crippen LogP contribution < -0.4 is 5.73 Å². The Morgan fingerprint density at radius 1 is 1.42 bits per heavy atom. The smallest absolute Gasteiger partial charge is 0.335 e. The lowest BCUT2D eigenvalue weighted by molar-refractivity contribution is -0.187. The summed E-state index contributed by atoms with van der Waals surface area (Å²) < 4.78 is 36.9. The largest absolute Gasteiger partial charge is 0.471 e. The molecular weight excluding hydrogens is 263 g/mol. The first kappa shape index (κ1) is 13.8. The zero-order chi connectivity index (χ0) is 14.3. The van der Waals surface area contributed by atoms with Gasteiger partial charge in [-0.1, -0.05) is 0 Å². The predicted octanol–water partition coefficient (Wildman–Crippen LogP) is 0.154. The number of aryl methyl sites for hydroxylation is 1. The van der Waals surface area contributed by atoms with E-state index in [1.165, 1.54) is 11.0 Å². The number of carbonyl (C=O) groups excluding carboxylic acids is 1. The number of piperidine rings is 1. The quantitative estimate of drug-likeness (QED) is 0.793. The molecule has 0 bridgehead atoms. The Balaban J connectivity index is 2.05. The van der Waals surface area contributed by atoms with Gasteiger partial charge in [0, 0.05) is 20.1 Å². The minimum atomic E-state index is -4.83. The van der Waals surface area contributed by atoms with Crippen LogP contribution in [0.25, 0.3) is 0 Å². The van der Waals surface area contributed by atoms with Crippen molar-refractivity contribution < 1.29 is 18.0 Å². The third-order valence-electron chi connectivity index (χ3n) is 3.30. The van der Waals surface area contributed by atoms with Gasteiger partial charge in [-0.05, 0) is 12.8 Å². The SMILES string of the molecule is Cn1ncc(C2(N)CCN(C(=O)C(F)(F)F)CC2)n1. The molecule has 1 amide bonds. The molecule has 2 heterocycles. The van der Waals surface area contributed by atoms with Crippen LogP contribution in [0.15, 0.2) is 6.20 Å². The van der Waals surface area contributed by atoms with Crippen LogP contribution in [0, 0.1) is 0 Å².